The summed E-state index contributed by atoms with van der Waals surface area (Å²) >= 11 is 1.55. The number of rotatable bonds is 4. The first-order chi connectivity index (χ1) is 19.7. The highest BCUT2D eigenvalue weighted by Gasteiger charge is 2.36. The summed E-state index contributed by atoms with van der Waals surface area (Å²) in [5.41, 5.74) is 5.43. The number of carboxylic acid groups (broad SMARTS) is 1. The fourth-order valence-corrected chi connectivity index (χ4v) is 7.08. The number of carbonyl (C=O) groups is 1. The maximum atomic E-state index is 12.6. The molecular weight excluding hydrogens is 540 g/mol. The Morgan fingerprint density at radius 2 is 2.02 bits per heavy atom. The van der Waals surface area contributed by atoms with Crippen molar-refractivity contribution in [3.05, 3.63) is 79.6 Å². The van der Waals surface area contributed by atoms with Gasteiger partial charge in [0.05, 0.1) is 28.4 Å². The second-order valence-electron chi connectivity index (χ2n) is 11.1. The van der Waals surface area contributed by atoms with Crippen molar-refractivity contribution in [1.29, 1.82) is 5.26 Å². The number of nitriles is 1. The van der Waals surface area contributed by atoms with Crippen LogP contribution in [0.4, 0.5) is 5.69 Å². The minimum absolute atomic E-state index is 0.0915. The Morgan fingerprint density at radius 3 is 2.73 bits per heavy atom. The summed E-state index contributed by atoms with van der Waals surface area (Å²) in [6.07, 6.45) is 6.36. The molecule has 10 nitrogen and oxygen atoms in total. The molecule has 2 aliphatic heterocycles. The van der Waals surface area contributed by atoms with Crippen LogP contribution in [0.1, 0.15) is 42.7 Å². The van der Waals surface area contributed by atoms with Crippen LogP contribution in [0.2, 0.25) is 0 Å². The lowest BCUT2D eigenvalue weighted by atomic mass is 9.90. The molecule has 0 aliphatic carbocycles. The first kappa shape index (κ1) is 28.3. The number of aryl methyl sites for hydroxylation is 2. The highest BCUT2D eigenvalue weighted by atomic mass is 32.1. The molecule has 1 saturated heterocycles. The molecule has 0 unspecified atom stereocenters. The zero-order valence-corrected chi connectivity index (χ0v) is 24.1. The molecule has 0 bridgehead atoms. The minimum atomic E-state index is -0.345. The van der Waals surface area contributed by atoms with E-state index in [1.165, 1.54) is 32.6 Å². The SMILES string of the molecule is Cn1ccc(=O)n(Cc2cc3nccc(-c4cc(C#N)cc5c4N([C@@H]4CNC(C)(C)C4)CCC5)c3s2)c1=O.O=CO. The lowest BCUT2D eigenvalue weighted by Gasteiger charge is -2.38. The van der Waals surface area contributed by atoms with Crippen molar-refractivity contribution >= 4 is 33.7 Å². The quantitative estimate of drug-likeness (QED) is 0.356. The van der Waals surface area contributed by atoms with Crippen LogP contribution in [0, 0.1) is 11.3 Å². The van der Waals surface area contributed by atoms with Gasteiger partial charge in [-0.2, -0.15) is 5.26 Å². The van der Waals surface area contributed by atoms with Crippen molar-refractivity contribution in [3.63, 3.8) is 0 Å². The fraction of sp³-hybridized carbons (Fsp3) is 0.367. The Balaban J connectivity index is 0.00000108. The predicted molar refractivity (Wildman–Crippen MR) is 160 cm³/mol. The molecule has 0 radical (unpaired) electrons. The first-order valence-corrected chi connectivity index (χ1v) is 14.3. The van der Waals surface area contributed by atoms with Crippen LogP contribution in [-0.4, -0.2) is 50.4 Å². The second kappa shape index (κ2) is 11.3. The number of fused-ring (bicyclic) bond motifs is 2. The van der Waals surface area contributed by atoms with E-state index >= 15 is 0 Å². The van der Waals surface area contributed by atoms with Crippen molar-refractivity contribution in [1.82, 2.24) is 19.4 Å². The van der Waals surface area contributed by atoms with Gasteiger partial charge in [-0.25, -0.2) is 4.79 Å². The normalized spacial score (nSPS) is 17.4. The Kier molecular flexibility index (Phi) is 7.80. The van der Waals surface area contributed by atoms with Gasteiger partial charge in [-0.3, -0.25) is 19.1 Å². The number of nitrogens with zero attached hydrogens (tertiary/aromatic N) is 5. The van der Waals surface area contributed by atoms with Crippen LogP contribution in [0.25, 0.3) is 21.3 Å². The number of nitrogens with one attached hydrogen (secondary N) is 1. The zero-order chi connectivity index (χ0) is 29.3. The average molecular weight is 573 g/mol. The first-order valence-electron chi connectivity index (χ1n) is 13.5. The Labute approximate surface area is 241 Å². The molecule has 5 heterocycles. The lowest BCUT2D eigenvalue weighted by Crippen LogP contribution is -2.40. The number of anilines is 1. The molecule has 41 heavy (non-hydrogen) atoms. The summed E-state index contributed by atoms with van der Waals surface area (Å²) < 4.78 is 3.65. The summed E-state index contributed by atoms with van der Waals surface area (Å²) in [6, 6.07) is 12.2. The number of hydrogen-bond acceptors (Lipinski definition) is 8. The van der Waals surface area contributed by atoms with Crippen molar-refractivity contribution in [2.75, 3.05) is 18.0 Å². The second-order valence-corrected chi connectivity index (χ2v) is 12.2. The van der Waals surface area contributed by atoms with Gasteiger partial charge in [-0.05, 0) is 62.9 Å². The molecule has 1 aromatic carbocycles. The third kappa shape index (κ3) is 5.53. The summed E-state index contributed by atoms with van der Waals surface area (Å²) in [5.74, 6) is 0. The van der Waals surface area contributed by atoms with E-state index in [2.05, 4.69) is 35.1 Å². The number of thiophene rings is 1. The molecule has 212 valence electrons. The predicted octanol–water partition coefficient (Wildman–Crippen LogP) is 3.34. The molecule has 1 atom stereocenters. The molecule has 1 fully saturated rings. The minimum Gasteiger partial charge on any atom is -0.483 e. The van der Waals surface area contributed by atoms with Crippen LogP contribution in [-0.2, 0) is 24.8 Å². The maximum Gasteiger partial charge on any atom is 0.331 e. The molecule has 0 spiro atoms. The lowest BCUT2D eigenvalue weighted by molar-refractivity contribution is -0.122. The zero-order valence-electron chi connectivity index (χ0n) is 23.3. The van der Waals surface area contributed by atoms with Crippen LogP contribution in [0.15, 0.2) is 52.3 Å². The van der Waals surface area contributed by atoms with Crippen molar-refractivity contribution in [2.24, 2.45) is 7.05 Å². The largest absolute Gasteiger partial charge is 0.483 e. The van der Waals surface area contributed by atoms with E-state index in [-0.39, 0.29) is 29.8 Å². The molecule has 0 saturated carbocycles. The fourth-order valence-electron chi connectivity index (χ4n) is 5.95. The number of aromatic nitrogens is 3. The molecule has 3 aromatic heterocycles. The van der Waals surface area contributed by atoms with E-state index in [0.29, 0.717) is 11.6 Å². The number of benzene rings is 1. The molecule has 2 aliphatic rings. The van der Waals surface area contributed by atoms with E-state index in [1.807, 2.05) is 24.3 Å². The van der Waals surface area contributed by atoms with Crippen molar-refractivity contribution < 1.29 is 9.90 Å². The van der Waals surface area contributed by atoms with Gasteiger partial charge < -0.3 is 19.9 Å². The summed E-state index contributed by atoms with van der Waals surface area (Å²) in [5, 5.41) is 20.4. The van der Waals surface area contributed by atoms with Gasteiger partial charge in [0.15, 0.2) is 0 Å². The van der Waals surface area contributed by atoms with Gasteiger partial charge in [0, 0.05) is 71.9 Å². The van der Waals surface area contributed by atoms with Gasteiger partial charge in [0.25, 0.3) is 12.0 Å². The van der Waals surface area contributed by atoms with Crippen LogP contribution in [0.5, 0.6) is 0 Å². The molecular formula is C30H32N6O4S. The van der Waals surface area contributed by atoms with Crippen LogP contribution >= 0.6 is 11.3 Å². The van der Waals surface area contributed by atoms with Gasteiger partial charge in [-0.1, -0.05) is 0 Å². The smallest absolute Gasteiger partial charge is 0.331 e. The van der Waals surface area contributed by atoms with Crippen molar-refractivity contribution in [2.45, 2.75) is 51.2 Å². The van der Waals surface area contributed by atoms with E-state index in [0.717, 1.165) is 58.6 Å². The van der Waals surface area contributed by atoms with Gasteiger partial charge >= 0.3 is 5.69 Å². The Bertz CT molecular complexity index is 1780. The van der Waals surface area contributed by atoms with E-state index < -0.39 is 0 Å². The highest BCUT2D eigenvalue weighted by molar-refractivity contribution is 7.19. The third-order valence-corrected chi connectivity index (χ3v) is 8.90. The Hall–Kier alpha value is -4.27. The molecule has 6 rings (SSSR count). The Morgan fingerprint density at radius 1 is 1.24 bits per heavy atom. The van der Waals surface area contributed by atoms with Gasteiger partial charge in [-0.15, -0.1) is 11.3 Å². The van der Waals surface area contributed by atoms with Gasteiger partial charge in [0.2, 0.25) is 0 Å². The maximum absolute atomic E-state index is 12.6. The highest BCUT2D eigenvalue weighted by Crippen LogP contribution is 2.44. The molecule has 4 aromatic rings. The monoisotopic (exact) mass is 572 g/mol. The van der Waals surface area contributed by atoms with Crippen LogP contribution < -0.4 is 21.5 Å². The molecule has 0 amide bonds. The topological polar surface area (TPSA) is 133 Å². The standard InChI is InChI=1S/C29H30N6O2S.CH2O2/c1-29(2)14-20(16-32-29)34-9-4-5-19-11-18(15-30)12-23(26(19)34)22-6-8-31-24-13-21(38-27(22)24)17-35-25(36)7-10-33(3)28(35)37;2-1-3/h6-8,10-13,20,32H,4-5,9,14,16-17H2,1-3H3;1H,(H,2,3)/t20-;/m0./s1. The average Bonchev–Trinajstić information content (AvgIpc) is 3.54. The molecule has 11 heteroatoms. The summed E-state index contributed by atoms with van der Waals surface area (Å²) in [7, 11) is 1.64. The molecule has 2 N–H and O–H groups in total. The van der Waals surface area contributed by atoms with E-state index in [1.54, 1.807) is 24.6 Å². The van der Waals surface area contributed by atoms with E-state index in [9.17, 15) is 14.9 Å². The van der Waals surface area contributed by atoms with Crippen LogP contribution in [0.3, 0.4) is 0 Å². The number of hydrogen-bond donors (Lipinski definition) is 2. The number of pyridine rings is 1. The van der Waals surface area contributed by atoms with E-state index in [4.69, 9.17) is 9.90 Å². The van der Waals surface area contributed by atoms with Gasteiger partial charge in [0.1, 0.15) is 0 Å². The van der Waals surface area contributed by atoms with Crippen molar-refractivity contribution in [3.8, 4) is 17.2 Å². The third-order valence-electron chi connectivity index (χ3n) is 7.76. The summed E-state index contributed by atoms with van der Waals surface area (Å²) in [6.45, 7) is 6.36. The summed E-state index contributed by atoms with van der Waals surface area (Å²) in [4.78, 5) is 41.5.